The van der Waals surface area contributed by atoms with Crippen LogP contribution in [0.25, 0.3) is 5.76 Å². The van der Waals surface area contributed by atoms with Gasteiger partial charge >= 0.3 is 0 Å². The molecule has 6 atom stereocenters. The smallest absolute Gasteiger partial charge is 0.166 e. The Balaban J connectivity index is 1.70. The first kappa shape index (κ1) is 14.5. The summed E-state index contributed by atoms with van der Waals surface area (Å²) in [4.78, 5) is 15.4. The molecule has 0 saturated heterocycles. The predicted octanol–water partition coefficient (Wildman–Crippen LogP) is 2.90. The van der Waals surface area contributed by atoms with E-state index >= 15 is 0 Å². The number of aliphatic hydroxyl groups is 1. The van der Waals surface area contributed by atoms with Crippen LogP contribution in [0.5, 0.6) is 0 Å². The van der Waals surface area contributed by atoms with Gasteiger partial charge in [0.15, 0.2) is 11.5 Å². The number of carbonyl (C=O) groups is 1. The van der Waals surface area contributed by atoms with E-state index in [4.69, 9.17) is 4.52 Å². The molecule has 5 rings (SSSR count). The molecule has 0 amide bonds. The van der Waals surface area contributed by atoms with Crippen LogP contribution in [-0.2, 0) is 4.79 Å². The highest BCUT2D eigenvalue weighted by Gasteiger charge is 2.57. The minimum Gasteiger partial charge on any atom is -0.507 e. The molecule has 24 heavy (non-hydrogen) atoms. The number of aromatic nitrogens is 1. The van der Waals surface area contributed by atoms with Crippen molar-refractivity contribution in [2.75, 3.05) is 14.1 Å². The number of hydrogen-bond acceptors (Lipinski definition) is 5. The number of rotatable bonds is 1. The molecule has 4 aliphatic rings. The molecule has 1 aromatic rings. The van der Waals surface area contributed by atoms with Gasteiger partial charge in [-0.25, -0.2) is 0 Å². The Morgan fingerprint density at radius 2 is 2.00 bits per heavy atom. The number of hydrogen-bond donors (Lipinski definition) is 1. The van der Waals surface area contributed by atoms with Gasteiger partial charge in [0.2, 0.25) is 0 Å². The van der Waals surface area contributed by atoms with E-state index in [-0.39, 0.29) is 29.4 Å². The maximum Gasteiger partial charge on any atom is 0.166 e. The Hall–Kier alpha value is -1.88. The molecular weight excluding hydrogens is 304 g/mol. The van der Waals surface area contributed by atoms with Gasteiger partial charge in [0.25, 0.3) is 0 Å². The van der Waals surface area contributed by atoms with Crippen LogP contribution in [0, 0.1) is 36.5 Å². The summed E-state index contributed by atoms with van der Waals surface area (Å²) in [5.74, 6) is 2.30. The maximum absolute atomic E-state index is 13.3. The van der Waals surface area contributed by atoms with Crippen molar-refractivity contribution >= 4 is 11.5 Å². The number of ketones is 1. The van der Waals surface area contributed by atoms with E-state index in [2.05, 4.69) is 22.2 Å². The van der Waals surface area contributed by atoms with Gasteiger partial charge in [-0.3, -0.25) is 9.69 Å². The topological polar surface area (TPSA) is 66.6 Å². The molecule has 0 unspecified atom stereocenters. The van der Waals surface area contributed by atoms with E-state index in [1.165, 1.54) is 0 Å². The molecule has 0 aliphatic heterocycles. The van der Waals surface area contributed by atoms with E-state index in [1.54, 1.807) is 0 Å². The van der Waals surface area contributed by atoms with Crippen LogP contribution in [0.4, 0.5) is 0 Å². The third kappa shape index (κ3) is 1.59. The SMILES string of the molecule is Cc1noc2c1C(O)=C1C(=O)[C@H]3[C@@H](C[C@H]1[C@H]2N(C)C)[C@H]1C=C[C@@H]3C1. The third-order valence-corrected chi connectivity index (χ3v) is 6.67. The predicted molar refractivity (Wildman–Crippen MR) is 88.0 cm³/mol. The van der Waals surface area contributed by atoms with E-state index in [0.717, 1.165) is 12.8 Å². The highest BCUT2D eigenvalue weighted by molar-refractivity contribution is 6.05. The molecule has 2 bridgehead atoms. The number of nitrogens with zero attached hydrogens (tertiary/aromatic N) is 2. The zero-order valence-electron chi connectivity index (χ0n) is 14.2. The molecular formula is C19H22N2O3. The molecule has 1 aromatic heterocycles. The fourth-order valence-electron chi connectivity index (χ4n) is 5.78. The van der Waals surface area contributed by atoms with E-state index in [9.17, 15) is 9.90 Å². The van der Waals surface area contributed by atoms with Crippen molar-refractivity contribution in [3.63, 3.8) is 0 Å². The number of aryl methyl sites for hydroxylation is 1. The second-order valence-corrected chi connectivity index (χ2v) is 8.02. The minimum absolute atomic E-state index is 0.0126. The molecule has 2 saturated carbocycles. The molecule has 0 spiro atoms. The molecule has 1 N–H and O–H groups in total. The van der Waals surface area contributed by atoms with Gasteiger partial charge in [-0.15, -0.1) is 0 Å². The average molecular weight is 326 g/mol. The monoisotopic (exact) mass is 326 g/mol. The Morgan fingerprint density at radius 1 is 1.25 bits per heavy atom. The summed E-state index contributed by atoms with van der Waals surface area (Å²) in [5.41, 5.74) is 1.91. The van der Waals surface area contributed by atoms with Gasteiger partial charge in [-0.1, -0.05) is 17.3 Å². The lowest BCUT2D eigenvalue weighted by atomic mass is 9.62. The van der Waals surface area contributed by atoms with Crippen molar-refractivity contribution in [1.82, 2.24) is 10.1 Å². The highest BCUT2D eigenvalue weighted by atomic mass is 16.5. The second-order valence-electron chi connectivity index (χ2n) is 8.02. The fourth-order valence-corrected chi connectivity index (χ4v) is 5.78. The number of Topliss-reactive ketones (excluding diaryl/α,β-unsaturated/α-hetero) is 1. The van der Waals surface area contributed by atoms with Crippen molar-refractivity contribution in [1.29, 1.82) is 0 Å². The first-order valence-corrected chi connectivity index (χ1v) is 8.77. The largest absolute Gasteiger partial charge is 0.507 e. The maximum atomic E-state index is 13.3. The quantitative estimate of drug-likeness (QED) is 0.804. The number of allylic oxidation sites excluding steroid dienone is 2. The second kappa shape index (κ2) is 4.60. The zero-order chi connectivity index (χ0) is 16.7. The highest BCUT2D eigenvalue weighted by Crippen LogP contribution is 2.59. The van der Waals surface area contributed by atoms with Crippen LogP contribution in [0.3, 0.4) is 0 Å². The van der Waals surface area contributed by atoms with Crippen molar-refractivity contribution in [3.05, 3.63) is 34.7 Å². The standard InChI is InChI=1S/C19H22N2O3/c1-8-13-17(22)15-12(16(21(2)3)19(13)24-20-8)7-11-9-4-5-10(6-9)14(11)18(15)23/h4-5,9-12,14,16,22H,6-7H2,1-3H3/t9-,10+,11-,12+,14+,16+/m0/s1. The average Bonchev–Trinajstić information content (AvgIpc) is 3.22. The fraction of sp³-hybridized carbons (Fsp3) is 0.579. The summed E-state index contributed by atoms with van der Waals surface area (Å²) in [6.45, 7) is 1.82. The van der Waals surface area contributed by atoms with Gasteiger partial charge in [0.1, 0.15) is 5.76 Å². The third-order valence-electron chi connectivity index (χ3n) is 6.67. The zero-order valence-corrected chi connectivity index (χ0v) is 14.2. The van der Waals surface area contributed by atoms with Crippen molar-refractivity contribution < 1.29 is 14.4 Å². The summed E-state index contributed by atoms with van der Waals surface area (Å²) in [6.07, 6.45) is 6.54. The van der Waals surface area contributed by atoms with Crippen LogP contribution >= 0.6 is 0 Å². The van der Waals surface area contributed by atoms with Crippen LogP contribution < -0.4 is 0 Å². The summed E-state index contributed by atoms with van der Waals surface area (Å²) >= 11 is 0. The molecule has 4 aliphatic carbocycles. The van der Waals surface area contributed by atoms with Gasteiger partial charge in [0, 0.05) is 17.4 Å². The Kier molecular flexibility index (Phi) is 2.77. The van der Waals surface area contributed by atoms with E-state index in [0.29, 0.717) is 40.3 Å². The van der Waals surface area contributed by atoms with E-state index < -0.39 is 0 Å². The van der Waals surface area contributed by atoms with Gasteiger partial charge < -0.3 is 9.63 Å². The van der Waals surface area contributed by atoms with Gasteiger partial charge in [-0.2, -0.15) is 0 Å². The first-order chi connectivity index (χ1) is 11.5. The molecule has 5 nitrogen and oxygen atoms in total. The number of aliphatic hydroxyl groups excluding tert-OH is 1. The van der Waals surface area contributed by atoms with Gasteiger partial charge in [-0.05, 0) is 51.6 Å². The summed E-state index contributed by atoms with van der Waals surface area (Å²) in [7, 11) is 4.01. The van der Waals surface area contributed by atoms with Crippen LogP contribution in [0.15, 0.2) is 22.2 Å². The lowest BCUT2D eigenvalue weighted by Gasteiger charge is -2.44. The Labute approximate surface area is 141 Å². The molecule has 126 valence electrons. The molecule has 5 heteroatoms. The summed E-state index contributed by atoms with van der Waals surface area (Å²) in [5, 5.41) is 15.0. The molecule has 1 heterocycles. The van der Waals surface area contributed by atoms with Crippen LogP contribution in [0.1, 0.15) is 35.9 Å². The Morgan fingerprint density at radius 3 is 2.75 bits per heavy atom. The van der Waals surface area contributed by atoms with E-state index in [1.807, 2.05) is 21.0 Å². The van der Waals surface area contributed by atoms with Crippen LogP contribution in [-0.4, -0.2) is 35.0 Å². The van der Waals surface area contributed by atoms with Crippen LogP contribution in [0.2, 0.25) is 0 Å². The normalized spacial score (nSPS) is 39.4. The molecule has 0 radical (unpaired) electrons. The summed E-state index contributed by atoms with van der Waals surface area (Å²) < 4.78 is 5.58. The van der Waals surface area contributed by atoms with Gasteiger partial charge in [0.05, 0.1) is 17.3 Å². The number of fused-ring (bicyclic) bond motifs is 7. The first-order valence-electron chi connectivity index (χ1n) is 8.77. The lowest BCUT2D eigenvalue weighted by Crippen LogP contribution is -2.44. The lowest BCUT2D eigenvalue weighted by molar-refractivity contribution is -0.124. The van der Waals surface area contributed by atoms with Crippen molar-refractivity contribution in [2.45, 2.75) is 25.8 Å². The van der Waals surface area contributed by atoms with Crippen molar-refractivity contribution in [3.8, 4) is 0 Å². The Bertz CT molecular complexity index is 804. The van der Waals surface area contributed by atoms with Crippen molar-refractivity contribution in [2.24, 2.45) is 29.6 Å². The molecule has 0 aromatic carbocycles. The molecule has 2 fully saturated rings. The number of carbonyl (C=O) groups excluding carboxylic acids is 1. The summed E-state index contributed by atoms with van der Waals surface area (Å²) in [6, 6.07) is -0.0416. The minimum atomic E-state index is -0.0416.